The average Bonchev–Trinajstić information content (AvgIpc) is 2.44. The van der Waals surface area contributed by atoms with E-state index in [1.807, 2.05) is 37.3 Å². The number of hydrogen-bond donors (Lipinski definition) is 1. The highest BCUT2D eigenvalue weighted by Crippen LogP contribution is 2.26. The van der Waals surface area contributed by atoms with E-state index in [2.05, 4.69) is 0 Å². The molecule has 1 aromatic rings. The standard InChI is InChI=1S/C14H18N2O2/c1-10(8-15)16(2)14(17)12-7-11-5-3-4-6-13(11)18-9-12/h3-7,10H,8-9,15H2,1-2H3. The molecule has 0 bridgehead atoms. The van der Waals surface area contributed by atoms with Gasteiger partial charge in [-0.25, -0.2) is 0 Å². The molecule has 1 unspecified atom stereocenters. The first-order valence-corrected chi connectivity index (χ1v) is 6.03. The number of benzene rings is 1. The van der Waals surface area contributed by atoms with Crippen LogP contribution in [-0.2, 0) is 4.79 Å². The number of amides is 1. The van der Waals surface area contributed by atoms with Crippen LogP contribution in [0.15, 0.2) is 29.8 Å². The maximum Gasteiger partial charge on any atom is 0.253 e. The van der Waals surface area contributed by atoms with Gasteiger partial charge in [-0.1, -0.05) is 18.2 Å². The maximum absolute atomic E-state index is 12.2. The van der Waals surface area contributed by atoms with Crippen LogP contribution >= 0.6 is 0 Å². The molecule has 0 saturated heterocycles. The van der Waals surface area contributed by atoms with E-state index in [-0.39, 0.29) is 11.9 Å². The fourth-order valence-corrected chi connectivity index (χ4v) is 1.82. The van der Waals surface area contributed by atoms with Gasteiger partial charge in [-0.2, -0.15) is 0 Å². The third kappa shape index (κ3) is 2.38. The molecule has 0 fully saturated rings. The van der Waals surface area contributed by atoms with Crippen molar-refractivity contribution < 1.29 is 9.53 Å². The topological polar surface area (TPSA) is 55.6 Å². The Labute approximate surface area is 107 Å². The second-order valence-electron chi connectivity index (χ2n) is 4.50. The molecule has 4 nitrogen and oxygen atoms in total. The minimum atomic E-state index is -0.0255. The summed E-state index contributed by atoms with van der Waals surface area (Å²) in [7, 11) is 1.77. The Kier molecular flexibility index (Phi) is 3.67. The first-order valence-electron chi connectivity index (χ1n) is 6.03. The van der Waals surface area contributed by atoms with E-state index < -0.39 is 0 Å². The van der Waals surface area contributed by atoms with Crippen molar-refractivity contribution in [1.29, 1.82) is 0 Å². The molecule has 0 aromatic heterocycles. The van der Waals surface area contributed by atoms with Gasteiger partial charge in [0.1, 0.15) is 12.4 Å². The van der Waals surface area contributed by atoms with Crippen LogP contribution in [0.5, 0.6) is 5.75 Å². The number of fused-ring (bicyclic) bond motifs is 1. The monoisotopic (exact) mass is 246 g/mol. The van der Waals surface area contributed by atoms with Crippen molar-refractivity contribution in [3.05, 3.63) is 35.4 Å². The summed E-state index contributed by atoms with van der Waals surface area (Å²) in [6.45, 7) is 2.69. The van der Waals surface area contributed by atoms with E-state index in [9.17, 15) is 4.79 Å². The van der Waals surface area contributed by atoms with Crippen LogP contribution in [0.2, 0.25) is 0 Å². The summed E-state index contributed by atoms with van der Waals surface area (Å²) in [5.74, 6) is 0.797. The number of nitrogens with zero attached hydrogens (tertiary/aromatic N) is 1. The lowest BCUT2D eigenvalue weighted by Crippen LogP contribution is -2.41. The zero-order valence-electron chi connectivity index (χ0n) is 10.7. The minimum Gasteiger partial charge on any atom is -0.488 e. The van der Waals surface area contributed by atoms with Gasteiger partial charge in [-0.05, 0) is 19.1 Å². The number of nitrogens with two attached hydrogens (primary N) is 1. The molecule has 18 heavy (non-hydrogen) atoms. The lowest BCUT2D eigenvalue weighted by atomic mass is 10.1. The Morgan fingerprint density at radius 2 is 2.22 bits per heavy atom. The van der Waals surface area contributed by atoms with Gasteiger partial charge >= 0.3 is 0 Å². The molecule has 2 rings (SSSR count). The first-order chi connectivity index (χ1) is 8.63. The summed E-state index contributed by atoms with van der Waals surface area (Å²) < 4.78 is 5.57. The first kappa shape index (κ1) is 12.6. The van der Waals surface area contributed by atoms with Gasteiger partial charge in [0.05, 0.1) is 5.57 Å². The van der Waals surface area contributed by atoms with Gasteiger partial charge in [0, 0.05) is 25.2 Å². The number of ether oxygens (including phenoxy) is 1. The summed E-state index contributed by atoms with van der Waals surface area (Å²) in [6, 6.07) is 7.71. The molecule has 96 valence electrons. The Hall–Kier alpha value is -1.81. The van der Waals surface area contributed by atoms with Crippen molar-refractivity contribution in [1.82, 2.24) is 4.90 Å². The van der Waals surface area contributed by atoms with E-state index in [1.54, 1.807) is 11.9 Å². The molecule has 0 saturated carbocycles. The maximum atomic E-state index is 12.2. The molecular formula is C14H18N2O2. The summed E-state index contributed by atoms with van der Waals surface area (Å²) >= 11 is 0. The zero-order chi connectivity index (χ0) is 13.1. The van der Waals surface area contributed by atoms with Crippen molar-refractivity contribution >= 4 is 12.0 Å². The van der Waals surface area contributed by atoms with Gasteiger partial charge in [0.2, 0.25) is 0 Å². The van der Waals surface area contributed by atoms with Crippen LogP contribution in [0.25, 0.3) is 6.08 Å². The molecule has 1 aromatic carbocycles. The number of para-hydroxylation sites is 1. The minimum absolute atomic E-state index is 0.0237. The van der Waals surface area contributed by atoms with E-state index in [0.29, 0.717) is 18.7 Å². The van der Waals surface area contributed by atoms with Crippen molar-refractivity contribution in [3.8, 4) is 5.75 Å². The molecule has 0 aliphatic carbocycles. The second kappa shape index (κ2) is 5.23. The van der Waals surface area contributed by atoms with Crippen molar-refractivity contribution in [2.45, 2.75) is 13.0 Å². The Bertz CT molecular complexity index is 482. The predicted octanol–water partition coefficient (Wildman–Crippen LogP) is 1.27. The highest BCUT2D eigenvalue weighted by molar-refractivity contribution is 5.99. The van der Waals surface area contributed by atoms with Crippen LogP contribution in [-0.4, -0.2) is 37.0 Å². The molecular weight excluding hydrogens is 228 g/mol. The SMILES string of the molecule is CC(CN)N(C)C(=O)C1=Cc2ccccc2OC1. The smallest absolute Gasteiger partial charge is 0.253 e. The summed E-state index contributed by atoms with van der Waals surface area (Å²) in [5.41, 5.74) is 7.18. The fraction of sp³-hybridized carbons (Fsp3) is 0.357. The Morgan fingerprint density at radius 3 is 2.94 bits per heavy atom. The molecule has 0 radical (unpaired) electrons. The molecule has 1 aliphatic rings. The van der Waals surface area contributed by atoms with Gasteiger partial charge < -0.3 is 15.4 Å². The number of carbonyl (C=O) groups is 1. The average molecular weight is 246 g/mol. The number of likely N-dealkylation sites (N-methyl/N-ethyl adjacent to an activating group) is 1. The summed E-state index contributed by atoms with van der Waals surface area (Å²) in [5, 5.41) is 0. The predicted molar refractivity (Wildman–Crippen MR) is 71.2 cm³/mol. The van der Waals surface area contributed by atoms with Gasteiger partial charge in [-0.15, -0.1) is 0 Å². The van der Waals surface area contributed by atoms with Gasteiger partial charge in [0.25, 0.3) is 5.91 Å². The van der Waals surface area contributed by atoms with Crippen LogP contribution < -0.4 is 10.5 Å². The largest absolute Gasteiger partial charge is 0.488 e. The van der Waals surface area contributed by atoms with Gasteiger partial charge in [-0.3, -0.25) is 4.79 Å². The van der Waals surface area contributed by atoms with E-state index in [0.717, 1.165) is 11.3 Å². The highest BCUT2D eigenvalue weighted by Gasteiger charge is 2.22. The molecule has 1 atom stereocenters. The quantitative estimate of drug-likeness (QED) is 0.873. The van der Waals surface area contributed by atoms with Crippen LogP contribution in [0.4, 0.5) is 0 Å². The van der Waals surface area contributed by atoms with E-state index in [4.69, 9.17) is 10.5 Å². The van der Waals surface area contributed by atoms with Crippen molar-refractivity contribution in [3.63, 3.8) is 0 Å². The molecule has 2 N–H and O–H groups in total. The van der Waals surface area contributed by atoms with E-state index >= 15 is 0 Å². The normalized spacial score (nSPS) is 15.2. The second-order valence-corrected chi connectivity index (χ2v) is 4.50. The Morgan fingerprint density at radius 1 is 1.50 bits per heavy atom. The third-order valence-corrected chi connectivity index (χ3v) is 3.23. The molecule has 1 aliphatic heterocycles. The van der Waals surface area contributed by atoms with Crippen molar-refractivity contribution in [2.75, 3.05) is 20.2 Å². The molecule has 1 heterocycles. The van der Waals surface area contributed by atoms with Crippen LogP contribution in [0.1, 0.15) is 12.5 Å². The zero-order valence-corrected chi connectivity index (χ0v) is 10.7. The van der Waals surface area contributed by atoms with Gasteiger partial charge in [0.15, 0.2) is 0 Å². The van der Waals surface area contributed by atoms with Crippen molar-refractivity contribution in [2.24, 2.45) is 5.73 Å². The highest BCUT2D eigenvalue weighted by atomic mass is 16.5. The van der Waals surface area contributed by atoms with Crippen LogP contribution in [0.3, 0.4) is 0 Å². The molecule has 0 spiro atoms. The van der Waals surface area contributed by atoms with E-state index in [1.165, 1.54) is 0 Å². The third-order valence-electron chi connectivity index (χ3n) is 3.23. The molecule has 1 amide bonds. The lowest BCUT2D eigenvalue weighted by Gasteiger charge is -2.26. The summed E-state index contributed by atoms with van der Waals surface area (Å²) in [6.07, 6.45) is 1.89. The Balaban J connectivity index is 2.21. The fourth-order valence-electron chi connectivity index (χ4n) is 1.82. The number of rotatable bonds is 3. The molecule has 4 heteroatoms. The summed E-state index contributed by atoms with van der Waals surface area (Å²) in [4.78, 5) is 13.9. The lowest BCUT2D eigenvalue weighted by molar-refractivity contribution is -0.127. The number of hydrogen-bond acceptors (Lipinski definition) is 3. The van der Waals surface area contributed by atoms with Crippen LogP contribution in [0, 0.1) is 0 Å². The number of carbonyl (C=O) groups excluding carboxylic acids is 1.